The van der Waals surface area contributed by atoms with Gasteiger partial charge in [-0.15, -0.1) is 0 Å². The highest BCUT2D eigenvalue weighted by atomic mass is 32.2. The lowest BCUT2D eigenvalue weighted by Crippen LogP contribution is -2.29. The second-order valence-electron chi connectivity index (χ2n) is 4.42. The van der Waals surface area contributed by atoms with E-state index in [1.807, 2.05) is 0 Å². The van der Waals surface area contributed by atoms with Crippen molar-refractivity contribution in [3.05, 3.63) is 29.6 Å². The van der Waals surface area contributed by atoms with Gasteiger partial charge in [-0.05, 0) is 31.5 Å². The molecule has 0 radical (unpaired) electrons. The summed E-state index contributed by atoms with van der Waals surface area (Å²) in [4.78, 5) is 0.00226. The van der Waals surface area contributed by atoms with Crippen molar-refractivity contribution < 1.29 is 17.9 Å². The predicted molar refractivity (Wildman–Crippen MR) is 70.4 cm³/mol. The summed E-state index contributed by atoms with van der Waals surface area (Å²) in [6.45, 7) is 1.72. The lowest BCUT2D eigenvalue weighted by molar-refractivity contribution is 0.177. The third-order valence-electron chi connectivity index (χ3n) is 2.81. The summed E-state index contributed by atoms with van der Waals surface area (Å²) in [6.07, 6.45) is -0.244. The fraction of sp³-hybridized carbons (Fsp3) is 0.500. The molecule has 5 nitrogen and oxygen atoms in total. The zero-order chi connectivity index (χ0) is 14.6. The molecule has 1 atom stereocenters. The molecule has 7 heteroatoms. The number of halogens is 1. The molecule has 0 spiro atoms. The van der Waals surface area contributed by atoms with E-state index in [9.17, 15) is 12.8 Å². The number of nitrogens with two attached hydrogens (primary N) is 1. The van der Waals surface area contributed by atoms with Gasteiger partial charge in [0, 0.05) is 25.7 Å². The second kappa shape index (κ2) is 6.42. The summed E-state index contributed by atoms with van der Waals surface area (Å²) in [5.41, 5.74) is 5.51. The third kappa shape index (κ3) is 3.97. The van der Waals surface area contributed by atoms with Crippen molar-refractivity contribution in [1.82, 2.24) is 4.31 Å². The molecule has 0 bridgehead atoms. The lowest BCUT2D eigenvalue weighted by Gasteiger charge is -2.18. The van der Waals surface area contributed by atoms with Crippen LogP contribution in [0, 0.1) is 5.82 Å². The summed E-state index contributed by atoms with van der Waals surface area (Å²) in [5, 5.41) is 9.17. The van der Waals surface area contributed by atoms with Crippen LogP contribution in [0.15, 0.2) is 23.1 Å². The maximum Gasteiger partial charge on any atom is 0.242 e. The van der Waals surface area contributed by atoms with Gasteiger partial charge in [-0.1, -0.05) is 0 Å². The number of aliphatic hydroxyl groups excluding tert-OH is 1. The molecule has 1 aromatic carbocycles. The van der Waals surface area contributed by atoms with Gasteiger partial charge < -0.3 is 10.8 Å². The Kier molecular flexibility index (Phi) is 5.42. The van der Waals surface area contributed by atoms with Crippen LogP contribution in [0.3, 0.4) is 0 Å². The first kappa shape index (κ1) is 16.0. The molecule has 19 heavy (non-hydrogen) atoms. The average molecular weight is 290 g/mol. The molecule has 0 aromatic heterocycles. The largest absolute Gasteiger partial charge is 0.393 e. The van der Waals surface area contributed by atoms with E-state index in [2.05, 4.69) is 0 Å². The van der Waals surface area contributed by atoms with Gasteiger partial charge in [0.25, 0.3) is 0 Å². The minimum Gasteiger partial charge on any atom is -0.393 e. The number of rotatable bonds is 6. The van der Waals surface area contributed by atoms with Gasteiger partial charge in [0.1, 0.15) is 5.82 Å². The van der Waals surface area contributed by atoms with Gasteiger partial charge >= 0.3 is 0 Å². The molecule has 0 aliphatic rings. The van der Waals surface area contributed by atoms with Crippen LogP contribution in [-0.4, -0.2) is 37.5 Å². The van der Waals surface area contributed by atoms with Crippen molar-refractivity contribution in [3.8, 4) is 0 Å². The molecule has 0 saturated carbocycles. The Morgan fingerprint density at radius 3 is 2.63 bits per heavy atom. The van der Waals surface area contributed by atoms with Gasteiger partial charge in [0.2, 0.25) is 10.0 Å². The summed E-state index contributed by atoms with van der Waals surface area (Å²) in [7, 11) is -2.26. The van der Waals surface area contributed by atoms with Crippen molar-refractivity contribution in [3.63, 3.8) is 0 Å². The number of aliphatic hydroxyl groups is 1. The number of hydrogen-bond donors (Lipinski definition) is 2. The maximum absolute atomic E-state index is 13.3. The second-order valence-corrected chi connectivity index (χ2v) is 6.47. The van der Waals surface area contributed by atoms with Crippen LogP contribution in [0.5, 0.6) is 0 Å². The highest BCUT2D eigenvalue weighted by Gasteiger charge is 2.21. The lowest BCUT2D eigenvalue weighted by atomic mass is 10.2. The van der Waals surface area contributed by atoms with Crippen LogP contribution in [-0.2, 0) is 16.6 Å². The van der Waals surface area contributed by atoms with E-state index in [1.165, 1.54) is 19.2 Å². The van der Waals surface area contributed by atoms with Crippen molar-refractivity contribution in [2.75, 3.05) is 13.6 Å². The van der Waals surface area contributed by atoms with E-state index in [0.29, 0.717) is 6.42 Å². The summed E-state index contributed by atoms with van der Waals surface area (Å²) in [6, 6.07) is 3.55. The molecule has 1 rings (SSSR count). The van der Waals surface area contributed by atoms with Crippen LogP contribution in [0.25, 0.3) is 0 Å². The van der Waals surface area contributed by atoms with E-state index in [0.717, 1.165) is 10.4 Å². The van der Waals surface area contributed by atoms with Gasteiger partial charge in [-0.3, -0.25) is 0 Å². The summed E-state index contributed by atoms with van der Waals surface area (Å²) in [5.74, 6) is -0.520. The van der Waals surface area contributed by atoms with Gasteiger partial charge in [-0.25, -0.2) is 17.1 Å². The van der Waals surface area contributed by atoms with Crippen LogP contribution >= 0.6 is 0 Å². The van der Waals surface area contributed by atoms with Gasteiger partial charge in [-0.2, -0.15) is 0 Å². The van der Waals surface area contributed by atoms with Crippen molar-refractivity contribution in [2.45, 2.75) is 30.9 Å². The Bertz CT molecular complexity index is 532. The number of nitrogens with zero attached hydrogens (tertiary/aromatic N) is 1. The first-order chi connectivity index (χ1) is 8.78. The summed E-state index contributed by atoms with van der Waals surface area (Å²) < 4.78 is 38.8. The van der Waals surface area contributed by atoms with E-state index >= 15 is 0 Å². The van der Waals surface area contributed by atoms with Crippen molar-refractivity contribution >= 4 is 10.0 Å². The van der Waals surface area contributed by atoms with Gasteiger partial charge in [0.15, 0.2) is 0 Å². The maximum atomic E-state index is 13.3. The number of hydrogen-bond acceptors (Lipinski definition) is 4. The van der Waals surface area contributed by atoms with Crippen LogP contribution in [0.4, 0.5) is 4.39 Å². The number of sulfonamides is 1. The molecule has 1 unspecified atom stereocenters. The van der Waals surface area contributed by atoms with E-state index < -0.39 is 21.9 Å². The van der Waals surface area contributed by atoms with Crippen LogP contribution in [0.2, 0.25) is 0 Å². The zero-order valence-corrected chi connectivity index (χ0v) is 11.8. The molecule has 0 saturated heterocycles. The highest BCUT2D eigenvalue weighted by Crippen LogP contribution is 2.18. The Morgan fingerprint density at radius 1 is 1.47 bits per heavy atom. The zero-order valence-electron chi connectivity index (χ0n) is 11.0. The molecular weight excluding hydrogens is 271 g/mol. The molecule has 0 aliphatic heterocycles. The Hall–Kier alpha value is -1.02. The standard InChI is InChI=1S/C12H19FN2O3S/c1-9(16)5-6-15(2)19(17,18)11-3-4-12(13)10(7-11)8-14/h3-4,7,9,16H,5-6,8,14H2,1-2H3. The minimum absolute atomic E-state index is 0.00226. The fourth-order valence-corrected chi connectivity index (χ4v) is 2.77. The van der Waals surface area contributed by atoms with Crippen molar-refractivity contribution in [2.24, 2.45) is 5.73 Å². The Balaban J connectivity index is 2.99. The fourth-order valence-electron chi connectivity index (χ4n) is 1.54. The van der Waals surface area contributed by atoms with E-state index in [1.54, 1.807) is 6.92 Å². The SMILES string of the molecule is CC(O)CCN(C)S(=O)(=O)c1ccc(F)c(CN)c1. The predicted octanol–water partition coefficient (Wildman–Crippen LogP) is 0.676. The first-order valence-electron chi connectivity index (χ1n) is 5.92. The quantitative estimate of drug-likeness (QED) is 0.807. The molecule has 3 N–H and O–H groups in total. The molecule has 0 fully saturated rings. The molecule has 108 valence electrons. The van der Waals surface area contributed by atoms with E-state index in [4.69, 9.17) is 10.8 Å². The van der Waals surface area contributed by atoms with Gasteiger partial charge in [0.05, 0.1) is 11.0 Å². The van der Waals surface area contributed by atoms with Crippen LogP contribution in [0.1, 0.15) is 18.9 Å². The minimum atomic E-state index is -3.68. The molecule has 0 heterocycles. The van der Waals surface area contributed by atoms with Crippen LogP contribution < -0.4 is 5.73 Å². The normalized spacial score (nSPS) is 13.8. The first-order valence-corrected chi connectivity index (χ1v) is 7.36. The third-order valence-corrected chi connectivity index (χ3v) is 4.66. The Morgan fingerprint density at radius 2 is 2.11 bits per heavy atom. The van der Waals surface area contributed by atoms with E-state index in [-0.39, 0.29) is 23.5 Å². The topological polar surface area (TPSA) is 83.6 Å². The monoisotopic (exact) mass is 290 g/mol. The molecule has 0 aliphatic carbocycles. The smallest absolute Gasteiger partial charge is 0.242 e. The highest BCUT2D eigenvalue weighted by molar-refractivity contribution is 7.89. The van der Waals surface area contributed by atoms with Crippen molar-refractivity contribution in [1.29, 1.82) is 0 Å². The summed E-state index contributed by atoms with van der Waals surface area (Å²) >= 11 is 0. The Labute approximate surface area is 112 Å². The molecule has 0 amide bonds. The number of benzene rings is 1. The average Bonchev–Trinajstić information content (AvgIpc) is 2.35. The molecular formula is C12H19FN2O3S. The molecule has 1 aromatic rings.